The summed E-state index contributed by atoms with van der Waals surface area (Å²) < 4.78 is 10.6. The molecule has 1 aliphatic rings. The van der Waals surface area contributed by atoms with E-state index in [-0.39, 0.29) is 37.0 Å². The monoisotopic (exact) mass is 421 g/mol. The average Bonchev–Trinajstić information content (AvgIpc) is 3.18. The third kappa shape index (κ3) is 5.54. The molecule has 0 saturated carbocycles. The van der Waals surface area contributed by atoms with Crippen LogP contribution < -0.4 is 25.4 Å². The van der Waals surface area contributed by atoms with E-state index in [0.717, 1.165) is 5.69 Å². The summed E-state index contributed by atoms with van der Waals surface area (Å²) in [5.74, 6) is 5.28. The second kappa shape index (κ2) is 10.2. The maximum absolute atomic E-state index is 12.4. The number of amides is 3. The van der Waals surface area contributed by atoms with E-state index in [0.29, 0.717) is 18.0 Å². The van der Waals surface area contributed by atoms with E-state index in [1.165, 1.54) is 0 Å². The van der Waals surface area contributed by atoms with Gasteiger partial charge in [0.05, 0.1) is 25.1 Å². The smallest absolute Gasteiger partial charge is 0.252 e. The highest BCUT2D eigenvalue weighted by Gasteiger charge is 2.34. The van der Waals surface area contributed by atoms with Crippen LogP contribution in [0.5, 0.6) is 11.5 Å². The molecule has 0 bridgehead atoms. The lowest BCUT2D eigenvalue weighted by Gasteiger charge is -2.16. The SMILES string of the molecule is COc1ccc(N2CC(C(=O)NCC#CCOc3ccccc3C(N)=O)CC2=O)cc1. The number of methoxy groups -OCH3 is 1. The number of anilines is 1. The van der Waals surface area contributed by atoms with Crippen LogP contribution in [-0.4, -0.2) is 44.5 Å². The van der Waals surface area contributed by atoms with Crippen molar-refractivity contribution in [2.24, 2.45) is 11.7 Å². The molecule has 1 saturated heterocycles. The summed E-state index contributed by atoms with van der Waals surface area (Å²) in [5.41, 5.74) is 6.31. The first-order chi connectivity index (χ1) is 15.0. The highest BCUT2D eigenvalue weighted by Crippen LogP contribution is 2.26. The summed E-state index contributed by atoms with van der Waals surface area (Å²) >= 11 is 0. The zero-order valence-corrected chi connectivity index (χ0v) is 17.1. The molecule has 2 aromatic rings. The molecule has 0 aromatic heterocycles. The second-order valence-corrected chi connectivity index (χ2v) is 6.82. The Kier molecular flexibility index (Phi) is 7.12. The molecule has 0 aliphatic carbocycles. The minimum atomic E-state index is -0.578. The van der Waals surface area contributed by atoms with Crippen LogP contribution in [0.4, 0.5) is 5.69 Å². The maximum atomic E-state index is 12.4. The number of hydrogen-bond acceptors (Lipinski definition) is 5. The standard InChI is InChI=1S/C23H23N3O5/c1-30-18-10-8-17(9-11-18)26-15-16(14-21(26)27)23(29)25-12-4-5-13-31-20-7-3-2-6-19(20)22(24)28/h2-3,6-11,16H,12-15H2,1H3,(H2,24,28)(H,25,29). The molecule has 1 fully saturated rings. The fraction of sp³-hybridized carbons (Fsp3) is 0.261. The quantitative estimate of drug-likeness (QED) is 0.656. The van der Waals surface area contributed by atoms with Crippen LogP contribution >= 0.6 is 0 Å². The first kappa shape index (κ1) is 21.7. The number of carbonyl (C=O) groups is 3. The summed E-state index contributed by atoms with van der Waals surface area (Å²) in [7, 11) is 1.57. The van der Waals surface area contributed by atoms with Crippen molar-refractivity contribution in [2.75, 3.05) is 31.7 Å². The molecule has 1 unspecified atom stereocenters. The summed E-state index contributed by atoms with van der Waals surface area (Å²) in [6.45, 7) is 0.498. The van der Waals surface area contributed by atoms with Gasteiger partial charge in [0.25, 0.3) is 5.91 Å². The molecular formula is C23H23N3O5. The van der Waals surface area contributed by atoms with Crippen LogP contribution in [0.3, 0.4) is 0 Å². The summed E-state index contributed by atoms with van der Waals surface area (Å²) in [5, 5.41) is 2.72. The van der Waals surface area contributed by atoms with Gasteiger partial charge in [-0.1, -0.05) is 24.0 Å². The molecule has 31 heavy (non-hydrogen) atoms. The zero-order valence-electron chi connectivity index (χ0n) is 17.1. The number of rotatable bonds is 7. The van der Waals surface area contributed by atoms with Gasteiger partial charge in [0, 0.05) is 18.7 Å². The van der Waals surface area contributed by atoms with Gasteiger partial charge in [0.15, 0.2) is 0 Å². The Labute approximate surface area is 180 Å². The van der Waals surface area contributed by atoms with E-state index in [1.54, 1.807) is 60.5 Å². The number of ether oxygens (including phenoxy) is 2. The van der Waals surface area contributed by atoms with Crippen LogP contribution in [0, 0.1) is 17.8 Å². The first-order valence-corrected chi connectivity index (χ1v) is 9.69. The number of nitrogens with zero attached hydrogens (tertiary/aromatic N) is 1. The molecule has 2 aromatic carbocycles. The molecule has 3 rings (SSSR count). The van der Waals surface area contributed by atoms with Gasteiger partial charge in [-0.15, -0.1) is 0 Å². The van der Waals surface area contributed by atoms with E-state index in [1.807, 2.05) is 0 Å². The molecule has 3 N–H and O–H groups in total. The molecule has 1 atom stereocenters. The van der Waals surface area contributed by atoms with Gasteiger partial charge in [-0.25, -0.2) is 0 Å². The molecule has 160 valence electrons. The van der Waals surface area contributed by atoms with Crippen molar-refractivity contribution in [1.29, 1.82) is 0 Å². The lowest BCUT2D eigenvalue weighted by atomic mass is 10.1. The van der Waals surface area contributed by atoms with Crippen LogP contribution in [0.1, 0.15) is 16.8 Å². The van der Waals surface area contributed by atoms with Crippen molar-refractivity contribution in [3.05, 3.63) is 54.1 Å². The molecule has 1 aliphatic heterocycles. The Morgan fingerprint density at radius 2 is 1.90 bits per heavy atom. The van der Waals surface area contributed by atoms with Gasteiger partial charge in [-0.05, 0) is 36.4 Å². The molecular weight excluding hydrogens is 398 g/mol. The largest absolute Gasteiger partial charge is 0.497 e. The van der Waals surface area contributed by atoms with Crippen LogP contribution in [0.25, 0.3) is 0 Å². The number of nitrogens with one attached hydrogen (secondary N) is 1. The third-order valence-corrected chi connectivity index (χ3v) is 4.81. The van der Waals surface area contributed by atoms with Crippen molar-refractivity contribution in [3.8, 4) is 23.3 Å². The predicted octanol–water partition coefficient (Wildman–Crippen LogP) is 1.35. The minimum absolute atomic E-state index is 0.0489. The van der Waals surface area contributed by atoms with Crippen molar-refractivity contribution in [3.63, 3.8) is 0 Å². The van der Waals surface area contributed by atoms with Crippen LogP contribution in [0.2, 0.25) is 0 Å². The van der Waals surface area contributed by atoms with Gasteiger partial charge in [-0.2, -0.15) is 0 Å². The van der Waals surface area contributed by atoms with E-state index in [2.05, 4.69) is 17.2 Å². The molecule has 1 heterocycles. The fourth-order valence-electron chi connectivity index (χ4n) is 3.19. The van der Waals surface area contributed by atoms with Gasteiger partial charge in [-0.3, -0.25) is 14.4 Å². The van der Waals surface area contributed by atoms with Crippen molar-refractivity contribution in [2.45, 2.75) is 6.42 Å². The number of primary amides is 1. The highest BCUT2D eigenvalue weighted by atomic mass is 16.5. The molecule has 8 heteroatoms. The van der Waals surface area contributed by atoms with Gasteiger partial charge >= 0.3 is 0 Å². The molecule has 0 spiro atoms. The lowest BCUT2D eigenvalue weighted by Crippen LogP contribution is -2.33. The third-order valence-electron chi connectivity index (χ3n) is 4.81. The first-order valence-electron chi connectivity index (χ1n) is 9.69. The average molecular weight is 421 g/mol. The van der Waals surface area contributed by atoms with Gasteiger partial charge in [0.2, 0.25) is 11.8 Å². The number of nitrogens with two attached hydrogens (primary N) is 1. The van der Waals surface area contributed by atoms with Crippen molar-refractivity contribution in [1.82, 2.24) is 5.32 Å². The summed E-state index contributed by atoms with van der Waals surface area (Å²) in [6, 6.07) is 13.8. The Hall–Kier alpha value is -3.99. The molecule has 0 radical (unpaired) electrons. The van der Waals surface area contributed by atoms with E-state index in [4.69, 9.17) is 15.2 Å². The normalized spacial score (nSPS) is 15.1. The molecule has 3 amide bonds. The van der Waals surface area contributed by atoms with Crippen LogP contribution in [-0.2, 0) is 9.59 Å². The van der Waals surface area contributed by atoms with E-state index in [9.17, 15) is 14.4 Å². The lowest BCUT2D eigenvalue weighted by molar-refractivity contribution is -0.126. The van der Waals surface area contributed by atoms with Crippen molar-refractivity contribution < 1.29 is 23.9 Å². The Morgan fingerprint density at radius 1 is 1.16 bits per heavy atom. The fourth-order valence-corrected chi connectivity index (χ4v) is 3.19. The van der Waals surface area contributed by atoms with Crippen LogP contribution in [0.15, 0.2) is 48.5 Å². The minimum Gasteiger partial charge on any atom is -0.497 e. The number of carbonyl (C=O) groups excluding carboxylic acids is 3. The summed E-state index contributed by atoms with van der Waals surface area (Å²) in [6.07, 6.45) is 0.151. The molecule has 8 nitrogen and oxygen atoms in total. The summed E-state index contributed by atoms with van der Waals surface area (Å²) in [4.78, 5) is 37.6. The highest BCUT2D eigenvalue weighted by molar-refractivity contribution is 6.00. The number of para-hydroxylation sites is 1. The Bertz CT molecular complexity index is 1020. The van der Waals surface area contributed by atoms with E-state index >= 15 is 0 Å². The zero-order chi connectivity index (χ0) is 22.2. The predicted molar refractivity (Wildman–Crippen MR) is 115 cm³/mol. The Morgan fingerprint density at radius 3 is 2.61 bits per heavy atom. The van der Waals surface area contributed by atoms with Gasteiger partial charge in [0.1, 0.15) is 18.1 Å². The second-order valence-electron chi connectivity index (χ2n) is 6.82. The Balaban J connectivity index is 1.45. The maximum Gasteiger partial charge on any atom is 0.252 e. The number of hydrogen-bond donors (Lipinski definition) is 2. The van der Waals surface area contributed by atoms with Gasteiger partial charge < -0.3 is 25.4 Å². The van der Waals surface area contributed by atoms with E-state index < -0.39 is 11.8 Å². The van der Waals surface area contributed by atoms with Crippen molar-refractivity contribution >= 4 is 23.4 Å². The topological polar surface area (TPSA) is 111 Å². The number of benzene rings is 2.